The number of fused-ring (bicyclic) bond motifs is 1. The molecule has 3 atom stereocenters. The highest BCUT2D eigenvalue weighted by Crippen LogP contribution is 2.42. The highest BCUT2D eigenvalue weighted by atomic mass is 19.1. The molecule has 5 rings (SSSR count). The summed E-state index contributed by atoms with van der Waals surface area (Å²) in [6.07, 6.45) is 5.25. The van der Waals surface area contributed by atoms with Crippen LogP contribution in [0, 0.1) is 11.6 Å². The maximum absolute atomic E-state index is 14.1. The summed E-state index contributed by atoms with van der Waals surface area (Å²) in [7, 11) is 0. The SMILES string of the molecule is O=C(Nc1cc(F)ccc1F)N1CCCCN2[C@H](CO)[C@@H](c3ccc(-c4cccnc4)cc3)[C@H]2C1. The van der Waals surface area contributed by atoms with Gasteiger partial charge in [-0.15, -0.1) is 0 Å². The number of pyridine rings is 1. The average Bonchev–Trinajstić information content (AvgIpc) is 2.86. The number of hydrogen-bond donors (Lipinski definition) is 2. The Morgan fingerprint density at radius 2 is 1.86 bits per heavy atom. The number of aromatic nitrogens is 1. The molecule has 2 aliphatic heterocycles. The third-order valence-electron chi connectivity index (χ3n) is 7.12. The zero-order valence-corrected chi connectivity index (χ0v) is 19.3. The van der Waals surface area contributed by atoms with Crippen LogP contribution in [-0.2, 0) is 0 Å². The summed E-state index contributed by atoms with van der Waals surface area (Å²) < 4.78 is 27.7. The van der Waals surface area contributed by atoms with Gasteiger partial charge in [0.05, 0.1) is 12.3 Å². The molecule has 8 heteroatoms. The molecule has 0 bridgehead atoms. The molecular formula is C27H28F2N4O2. The normalized spacial score (nSPS) is 22.5. The number of carbonyl (C=O) groups is 1. The van der Waals surface area contributed by atoms with Gasteiger partial charge in [0.1, 0.15) is 11.6 Å². The molecule has 0 aliphatic carbocycles. The van der Waals surface area contributed by atoms with Gasteiger partial charge in [-0.2, -0.15) is 0 Å². The number of carbonyl (C=O) groups excluding carboxylic acids is 1. The molecule has 2 aliphatic rings. The van der Waals surface area contributed by atoms with Gasteiger partial charge in [-0.3, -0.25) is 9.88 Å². The summed E-state index contributed by atoms with van der Waals surface area (Å²) in [5, 5.41) is 12.7. The molecule has 0 saturated carbocycles. The minimum Gasteiger partial charge on any atom is -0.395 e. The van der Waals surface area contributed by atoms with E-state index in [0.29, 0.717) is 13.1 Å². The first-order chi connectivity index (χ1) is 17.0. The van der Waals surface area contributed by atoms with E-state index in [1.165, 1.54) is 0 Å². The number of benzene rings is 2. The second kappa shape index (κ2) is 10.1. The first-order valence-corrected chi connectivity index (χ1v) is 11.9. The quantitative estimate of drug-likeness (QED) is 0.580. The molecule has 3 heterocycles. The number of anilines is 1. The Hall–Kier alpha value is -3.36. The molecule has 2 fully saturated rings. The second-order valence-corrected chi connectivity index (χ2v) is 9.15. The van der Waals surface area contributed by atoms with Gasteiger partial charge in [0, 0.05) is 49.6 Å². The Bertz CT molecular complexity index is 1180. The van der Waals surface area contributed by atoms with Crippen molar-refractivity contribution < 1.29 is 18.7 Å². The van der Waals surface area contributed by atoms with Gasteiger partial charge in [-0.25, -0.2) is 13.6 Å². The number of aliphatic hydroxyl groups is 1. The van der Waals surface area contributed by atoms with Gasteiger partial charge in [-0.1, -0.05) is 30.3 Å². The van der Waals surface area contributed by atoms with E-state index in [1.54, 1.807) is 11.1 Å². The number of aliphatic hydroxyl groups excluding tert-OH is 1. The zero-order chi connectivity index (χ0) is 24.4. The van der Waals surface area contributed by atoms with Crippen LogP contribution >= 0.6 is 0 Å². The molecule has 1 aromatic heterocycles. The molecule has 0 unspecified atom stereocenters. The van der Waals surface area contributed by atoms with E-state index in [9.17, 15) is 18.7 Å². The minimum absolute atomic E-state index is 0.0204. The largest absolute Gasteiger partial charge is 0.395 e. The van der Waals surface area contributed by atoms with Crippen LogP contribution < -0.4 is 5.32 Å². The second-order valence-electron chi connectivity index (χ2n) is 9.15. The van der Waals surface area contributed by atoms with Gasteiger partial charge >= 0.3 is 6.03 Å². The summed E-state index contributed by atoms with van der Waals surface area (Å²) in [4.78, 5) is 21.1. The van der Waals surface area contributed by atoms with Crippen molar-refractivity contribution in [2.45, 2.75) is 30.8 Å². The van der Waals surface area contributed by atoms with Crippen LogP contribution in [0.15, 0.2) is 67.0 Å². The number of amides is 2. The van der Waals surface area contributed by atoms with Crippen LogP contribution in [0.25, 0.3) is 11.1 Å². The Balaban J connectivity index is 1.35. The monoisotopic (exact) mass is 478 g/mol. The Morgan fingerprint density at radius 3 is 2.60 bits per heavy atom. The highest BCUT2D eigenvalue weighted by molar-refractivity contribution is 5.89. The van der Waals surface area contributed by atoms with Crippen molar-refractivity contribution >= 4 is 11.7 Å². The summed E-state index contributed by atoms with van der Waals surface area (Å²) in [6.45, 7) is 1.86. The van der Waals surface area contributed by atoms with Crippen molar-refractivity contribution in [3.05, 3.63) is 84.2 Å². The van der Waals surface area contributed by atoms with Crippen LogP contribution in [0.5, 0.6) is 0 Å². The molecular weight excluding hydrogens is 450 g/mol. The maximum atomic E-state index is 14.1. The van der Waals surface area contributed by atoms with Gasteiger partial charge in [0.2, 0.25) is 0 Å². The predicted octanol–water partition coefficient (Wildman–Crippen LogP) is 4.48. The zero-order valence-electron chi connectivity index (χ0n) is 19.3. The fourth-order valence-corrected chi connectivity index (χ4v) is 5.34. The molecule has 2 N–H and O–H groups in total. The fourth-order valence-electron chi connectivity index (χ4n) is 5.34. The Labute approximate surface area is 203 Å². The lowest BCUT2D eigenvalue weighted by atomic mass is 9.74. The van der Waals surface area contributed by atoms with Crippen LogP contribution in [0.3, 0.4) is 0 Å². The Morgan fingerprint density at radius 1 is 1.06 bits per heavy atom. The van der Waals surface area contributed by atoms with Gasteiger partial charge in [0.15, 0.2) is 0 Å². The van der Waals surface area contributed by atoms with Crippen LogP contribution in [0.2, 0.25) is 0 Å². The van der Waals surface area contributed by atoms with Crippen molar-refractivity contribution in [1.82, 2.24) is 14.8 Å². The van der Waals surface area contributed by atoms with E-state index < -0.39 is 17.7 Å². The highest BCUT2D eigenvalue weighted by Gasteiger charge is 2.49. The smallest absolute Gasteiger partial charge is 0.321 e. The molecule has 2 amide bonds. The minimum atomic E-state index is -0.677. The first-order valence-electron chi connectivity index (χ1n) is 11.9. The molecule has 2 saturated heterocycles. The van der Waals surface area contributed by atoms with E-state index in [0.717, 1.165) is 54.3 Å². The molecule has 6 nitrogen and oxygen atoms in total. The van der Waals surface area contributed by atoms with Crippen LogP contribution in [-0.4, -0.2) is 64.2 Å². The summed E-state index contributed by atoms with van der Waals surface area (Å²) in [6, 6.07) is 14.8. The third kappa shape index (κ3) is 4.76. The molecule has 0 radical (unpaired) electrons. The average molecular weight is 479 g/mol. The molecule has 0 spiro atoms. The van der Waals surface area contributed by atoms with E-state index >= 15 is 0 Å². The van der Waals surface area contributed by atoms with Crippen molar-refractivity contribution in [2.75, 3.05) is 31.6 Å². The lowest BCUT2D eigenvalue weighted by molar-refractivity contribution is -0.0585. The van der Waals surface area contributed by atoms with E-state index in [2.05, 4.69) is 39.5 Å². The van der Waals surface area contributed by atoms with Crippen molar-refractivity contribution in [2.24, 2.45) is 0 Å². The summed E-state index contributed by atoms with van der Waals surface area (Å²) in [5.74, 6) is -1.23. The maximum Gasteiger partial charge on any atom is 0.321 e. The topological polar surface area (TPSA) is 68.7 Å². The number of halogens is 2. The van der Waals surface area contributed by atoms with Crippen molar-refractivity contribution in [3.63, 3.8) is 0 Å². The standard InChI is InChI=1S/C27H28F2N4O2/c28-21-9-10-22(29)23(14-21)31-27(35)32-12-1-2-13-33-24(16-32)26(25(33)17-34)19-7-5-18(6-8-19)20-4-3-11-30-15-20/h3-11,14-15,24-26,34H,1-2,12-13,16-17H2,(H,31,35)/t24-,25-,26+/m1/s1. The van der Waals surface area contributed by atoms with Crippen LogP contribution in [0.4, 0.5) is 19.3 Å². The van der Waals surface area contributed by atoms with Gasteiger partial charge in [0.25, 0.3) is 0 Å². The summed E-state index contributed by atoms with van der Waals surface area (Å²) in [5.41, 5.74) is 3.04. The number of urea groups is 1. The first kappa shape index (κ1) is 23.4. The van der Waals surface area contributed by atoms with E-state index in [-0.39, 0.29) is 30.3 Å². The van der Waals surface area contributed by atoms with Gasteiger partial charge < -0.3 is 15.3 Å². The lowest BCUT2D eigenvalue weighted by Crippen LogP contribution is -2.68. The predicted molar refractivity (Wildman–Crippen MR) is 130 cm³/mol. The molecule has 2 aromatic carbocycles. The number of nitrogens with one attached hydrogen (secondary N) is 1. The Kier molecular flexibility index (Phi) is 6.74. The molecule has 182 valence electrons. The lowest BCUT2D eigenvalue weighted by Gasteiger charge is -2.57. The van der Waals surface area contributed by atoms with Crippen molar-refractivity contribution in [1.29, 1.82) is 0 Å². The van der Waals surface area contributed by atoms with E-state index in [4.69, 9.17) is 0 Å². The molecule has 3 aromatic rings. The van der Waals surface area contributed by atoms with E-state index in [1.807, 2.05) is 18.3 Å². The third-order valence-corrected chi connectivity index (χ3v) is 7.12. The summed E-state index contributed by atoms with van der Waals surface area (Å²) >= 11 is 0. The number of nitrogens with zero attached hydrogens (tertiary/aromatic N) is 3. The molecule has 35 heavy (non-hydrogen) atoms. The van der Waals surface area contributed by atoms with Crippen LogP contribution in [0.1, 0.15) is 24.3 Å². The fraction of sp³-hybridized carbons (Fsp3) is 0.333. The number of rotatable bonds is 4. The van der Waals surface area contributed by atoms with Gasteiger partial charge in [-0.05, 0) is 54.3 Å². The van der Waals surface area contributed by atoms with Crippen molar-refractivity contribution in [3.8, 4) is 11.1 Å². The number of hydrogen-bond acceptors (Lipinski definition) is 4.